The molecule has 0 aliphatic rings. The van der Waals surface area contributed by atoms with E-state index in [2.05, 4.69) is 15.5 Å². The van der Waals surface area contributed by atoms with Crippen LogP contribution in [0.4, 0.5) is 17.6 Å². The van der Waals surface area contributed by atoms with Gasteiger partial charge in [0.15, 0.2) is 11.4 Å². The van der Waals surface area contributed by atoms with Crippen molar-refractivity contribution in [1.29, 1.82) is 0 Å². The minimum absolute atomic E-state index is 0.195. The number of carbonyl (C=O) groups is 2. The molecule has 0 radical (unpaired) electrons. The molecule has 0 saturated carbocycles. The summed E-state index contributed by atoms with van der Waals surface area (Å²) in [6.45, 7) is 4.25. The fraction of sp³-hybridized carbons (Fsp3) is 0.353. The summed E-state index contributed by atoms with van der Waals surface area (Å²) < 4.78 is 54.8. The Kier molecular flexibility index (Phi) is 5.95. The second kappa shape index (κ2) is 7.87. The van der Waals surface area contributed by atoms with Crippen molar-refractivity contribution in [2.45, 2.75) is 38.8 Å². The fourth-order valence-electron chi connectivity index (χ4n) is 2.28. The largest absolute Gasteiger partial charge is 0.504 e. The van der Waals surface area contributed by atoms with Crippen LogP contribution in [0.15, 0.2) is 18.2 Å². The van der Waals surface area contributed by atoms with Gasteiger partial charge in [0.05, 0.1) is 0 Å². The Hall–Kier alpha value is -3.11. The summed E-state index contributed by atoms with van der Waals surface area (Å²) in [5.41, 5.74) is -1.16. The Bertz CT molecular complexity index is 880. The highest BCUT2D eigenvalue weighted by Crippen LogP contribution is 2.29. The molecule has 2 unspecified atom stereocenters. The summed E-state index contributed by atoms with van der Waals surface area (Å²) in [4.78, 5) is 24.0. The van der Waals surface area contributed by atoms with E-state index >= 15 is 0 Å². The number of carbonyl (C=O) groups excluding carboxylic acids is 2. The number of benzene rings is 1. The van der Waals surface area contributed by atoms with E-state index in [4.69, 9.17) is 0 Å². The Balaban J connectivity index is 2.06. The number of aromatic nitrogens is 2. The van der Waals surface area contributed by atoms with E-state index in [0.29, 0.717) is 18.2 Å². The quantitative estimate of drug-likeness (QED) is 0.555. The molecule has 2 aromatic rings. The highest BCUT2D eigenvalue weighted by Gasteiger charge is 2.42. The zero-order valence-electron chi connectivity index (χ0n) is 15.1. The molecule has 0 spiro atoms. The van der Waals surface area contributed by atoms with Crippen LogP contribution in [0.2, 0.25) is 0 Å². The third-order valence-electron chi connectivity index (χ3n) is 4.12. The van der Waals surface area contributed by atoms with Gasteiger partial charge in [0, 0.05) is 23.7 Å². The van der Waals surface area contributed by atoms with Gasteiger partial charge in [0.25, 0.3) is 11.8 Å². The number of hydrogen-bond acceptors (Lipinski definition) is 4. The molecule has 4 N–H and O–H groups in total. The average molecular weight is 402 g/mol. The smallest absolute Gasteiger partial charge is 0.349 e. The van der Waals surface area contributed by atoms with Crippen LogP contribution < -0.4 is 10.6 Å². The molecule has 7 nitrogen and oxygen atoms in total. The Labute approximate surface area is 157 Å². The highest BCUT2D eigenvalue weighted by atomic mass is 19.3. The third-order valence-corrected chi connectivity index (χ3v) is 4.12. The first kappa shape index (κ1) is 21.2. The van der Waals surface area contributed by atoms with E-state index in [1.807, 2.05) is 5.32 Å². The van der Waals surface area contributed by atoms with E-state index < -0.39 is 47.0 Å². The predicted molar refractivity (Wildman–Crippen MR) is 89.8 cm³/mol. The second-order valence-corrected chi connectivity index (χ2v) is 6.29. The Morgan fingerprint density at radius 3 is 2.14 bits per heavy atom. The van der Waals surface area contributed by atoms with Crippen molar-refractivity contribution in [3.8, 4) is 5.75 Å². The molecule has 2 rings (SSSR count). The molecule has 0 aliphatic carbocycles. The zero-order chi connectivity index (χ0) is 21.2. The van der Waals surface area contributed by atoms with Gasteiger partial charge in [0.2, 0.25) is 0 Å². The summed E-state index contributed by atoms with van der Waals surface area (Å²) in [6.07, 6.45) is 0. The normalized spacial score (nSPS) is 13.7. The van der Waals surface area contributed by atoms with Gasteiger partial charge in [-0.2, -0.15) is 13.9 Å². The monoisotopic (exact) mass is 402 g/mol. The number of alkyl halides is 2. The number of aromatic amines is 1. The molecule has 2 amide bonds. The van der Waals surface area contributed by atoms with Crippen LogP contribution in [0.5, 0.6) is 5.75 Å². The number of amides is 2. The van der Waals surface area contributed by atoms with Crippen LogP contribution in [0.1, 0.15) is 35.6 Å². The molecule has 1 aromatic carbocycles. The molecule has 11 heteroatoms. The van der Waals surface area contributed by atoms with Crippen molar-refractivity contribution < 1.29 is 32.3 Å². The van der Waals surface area contributed by atoms with Crippen molar-refractivity contribution in [2.75, 3.05) is 0 Å². The van der Waals surface area contributed by atoms with Crippen LogP contribution in [0.3, 0.4) is 0 Å². The number of halogens is 4. The first-order valence-corrected chi connectivity index (χ1v) is 8.13. The van der Waals surface area contributed by atoms with Crippen molar-refractivity contribution in [3.05, 3.63) is 46.8 Å². The Morgan fingerprint density at radius 2 is 1.64 bits per heavy atom. The molecule has 0 aliphatic heterocycles. The lowest BCUT2D eigenvalue weighted by Gasteiger charge is -2.25. The van der Waals surface area contributed by atoms with Crippen molar-refractivity contribution in [1.82, 2.24) is 20.8 Å². The van der Waals surface area contributed by atoms with Gasteiger partial charge in [-0.15, -0.1) is 0 Å². The van der Waals surface area contributed by atoms with Gasteiger partial charge in [0.1, 0.15) is 17.3 Å². The minimum atomic E-state index is -4.19. The molecule has 1 heterocycles. The molecule has 1 aromatic heterocycles. The van der Waals surface area contributed by atoms with Crippen LogP contribution in [0.25, 0.3) is 0 Å². The summed E-state index contributed by atoms with van der Waals surface area (Å²) in [5.74, 6) is -9.59. The maximum Gasteiger partial charge on any atom is 0.349 e. The lowest BCUT2D eigenvalue weighted by atomic mass is 10.1. The SMILES string of the molecule is Cc1n[nH]c(C(=O)NC(C)C(C)NC(=O)C(F)(F)c2cc(F)cc(F)c2)c1O. The van der Waals surface area contributed by atoms with Gasteiger partial charge in [-0.05, 0) is 32.9 Å². The molecule has 0 fully saturated rings. The van der Waals surface area contributed by atoms with E-state index in [-0.39, 0.29) is 17.1 Å². The van der Waals surface area contributed by atoms with Gasteiger partial charge in [-0.25, -0.2) is 8.78 Å². The van der Waals surface area contributed by atoms with Crippen LogP contribution in [0, 0.1) is 18.6 Å². The number of H-pyrrole nitrogens is 1. The Morgan fingerprint density at radius 1 is 1.11 bits per heavy atom. The minimum Gasteiger partial charge on any atom is -0.504 e. The van der Waals surface area contributed by atoms with Crippen molar-refractivity contribution in [2.24, 2.45) is 0 Å². The summed E-state index contributed by atoms with van der Waals surface area (Å²) in [6, 6.07) is -0.681. The van der Waals surface area contributed by atoms with Crippen LogP contribution in [-0.2, 0) is 10.7 Å². The summed E-state index contributed by atoms with van der Waals surface area (Å²) in [5, 5.41) is 20.1. The maximum atomic E-state index is 14.2. The van der Waals surface area contributed by atoms with Gasteiger partial charge < -0.3 is 15.7 Å². The van der Waals surface area contributed by atoms with Crippen LogP contribution >= 0.6 is 0 Å². The standard InChI is InChI=1S/C17H18F4N4O3/c1-7(22-15(27)13-14(26)9(3)24-25-13)8(2)23-16(28)17(20,21)10-4-11(18)6-12(19)5-10/h4-8,26H,1-3H3,(H,22,27)(H,23,28)(H,24,25). The average Bonchev–Trinajstić information content (AvgIpc) is 2.93. The van der Waals surface area contributed by atoms with Gasteiger partial charge in [-0.1, -0.05) is 0 Å². The lowest BCUT2D eigenvalue weighted by molar-refractivity contribution is -0.147. The number of aromatic hydroxyl groups is 1. The lowest BCUT2D eigenvalue weighted by Crippen LogP contribution is -2.52. The second-order valence-electron chi connectivity index (χ2n) is 6.29. The first-order chi connectivity index (χ1) is 12.9. The molecule has 28 heavy (non-hydrogen) atoms. The number of nitrogens with one attached hydrogen (secondary N) is 3. The summed E-state index contributed by atoms with van der Waals surface area (Å²) in [7, 11) is 0. The van der Waals surface area contributed by atoms with Gasteiger partial charge >= 0.3 is 5.92 Å². The number of hydrogen-bond donors (Lipinski definition) is 4. The maximum absolute atomic E-state index is 14.2. The highest BCUT2D eigenvalue weighted by molar-refractivity contribution is 5.95. The topological polar surface area (TPSA) is 107 Å². The van der Waals surface area contributed by atoms with E-state index in [1.54, 1.807) is 0 Å². The third kappa shape index (κ3) is 4.41. The van der Waals surface area contributed by atoms with E-state index in [1.165, 1.54) is 20.8 Å². The zero-order valence-corrected chi connectivity index (χ0v) is 15.1. The molecular formula is C17H18F4N4O3. The summed E-state index contributed by atoms with van der Waals surface area (Å²) >= 11 is 0. The van der Waals surface area contributed by atoms with Gasteiger partial charge in [-0.3, -0.25) is 14.7 Å². The number of aryl methyl sites for hydroxylation is 1. The molecule has 2 atom stereocenters. The fourth-order valence-corrected chi connectivity index (χ4v) is 2.28. The van der Waals surface area contributed by atoms with Crippen molar-refractivity contribution >= 4 is 11.8 Å². The molecule has 0 bridgehead atoms. The first-order valence-electron chi connectivity index (χ1n) is 8.13. The number of rotatable bonds is 6. The molecule has 0 saturated heterocycles. The molecular weight excluding hydrogens is 384 g/mol. The van der Waals surface area contributed by atoms with Crippen LogP contribution in [-0.4, -0.2) is 39.2 Å². The van der Waals surface area contributed by atoms with E-state index in [9.17, 15) is 32.3 Å². The van der Waals surface area contributed by atoms with E-state index in [0.717, 1.165) is 0 Å². The predicted octanol–water partition coefficient (Wildman–Crippen LogP) is 2.12. The molecule has 152 valence electrons. The van der Waals surface area contributed by atoms with Crippen molar-refractivity contribution in [3.63, 3.8) is 0 Å². The number of nitrogens with zero attached hydrogens (tertiary/aromatic N) is 1.